The second kappa shape index (κ2) is 1.95. The molecule has 0 aliphatic rings. The van der Waals surface area contributed by atoms with Gasteiger partial charge >= 0.3 is 5.92 Å². The Balaban J connectivity index is 3.58. The minimum Gasteiger partial charge on any atom is -0.284 e. The highest BCUT2D eigenvalue weighted by atomic mass is 19.3. The molecule has 0 bridgehead atoms. The molecule has 0 unspecified atom stereocenters. The molecule has 7 heavy (non-hydrogen) atoms. The lowest BCUT2D eigenvalue weighted by Crippen LogP contribution is -2.19. The van der Waals surface area contributed by atoms with E-state index in [1.807, 2.05) is 0 Å². The quantitative estimate of drug-likeness (QED) is 0.512. The Morgan fingerprint density at radius 3 is 2.00 bits per heavy atom. The van der Waals surface area contributed by atoms with E-state index in [0.29, 0.717) is 0 Å². The van der Waals surface area contributed by atoms with Crippen LogP contribution in [-0.4, -0.2) is 18.9 Å². The van der Waals surface area contributed by atoms with Crippen molar-refractivity contribution in [1.82, 2.24) is 0 Å². The molecular weight excluding hydrogens is 109 g/mol. The summed E-state index contributed by atoms with van der Waals surface area (Å²) in [7, 11) is 0. The molecule has 0 spiro atoms. The van der Waals surface area contributed by atoms with Crippen LogP contribution in [0.5, 0.6) is 0 Å². The van der Waals surface area contributed by atoms with Gasteiger partial charge in [-0.2, -0.15) is 8.78 Å². The Morgan fingerprint density at radius 1 is 1.57 bits per heavy atom. The molecule has 0 N–H and O–H groups in total. The average molecular weight is 111 g/mol. The van der Waals surface area contributed by atoms with Crippen molar-refractivity contribution < 1.29 is 18.0 Å². The standard InChI is InChI=1S/C3H2F3O/c4-1-3(5,6)2-7/h1H2. The molecule has 0 heterocycles. The summed E-state index contributed by atoms with van der Waals surface area (Å²) in [5.74, 6) is -3.89. The van der Waals surface area contributed by atoms with Gasteiger partial charge in [-0.25, -0.2) is 4.39 Å². The van der Waals surface area contributed by atoms with Crippen LogP contribution in [-0.2, 0) is 4.79 Å². The summed E-state index contributed by atoms with van der Waals surface area (Å²) in [6, 6.07) is 0. The maximum absolute atomic E-state index is 11.1. The first-order valence-electron chi connectivity index (χ1n) is 1.45. The molecule has 0 aliphatic heterocycles. The fourth-order valence-corrected chi connectivity index (χ4v) is 0.0273. The van der Waals surface area contributed by atoms with E-state index in [9.17, 15) is 13.2 Å². The summed E-state index contributed by atoms with van der Waals surface area (Å²) in [5, 5.41) is 0. The van der Waals surface area contributed by atoms with Crippen molar-refractivity contribution in [2.75, 3.05) is 6.67 Å². The van der Waals surface area contributed by atoms with E-state index in [4.69, 9.17) is 4.79 Å². The van der Waals surface area contributed by atoms with Crippen LogP contribution in [0.1, 0.15) is 0 Å². The van der Waals surface area contributed by atoms with Crippen molar-refractivity contribution in [3.8, 4) is 0 Å². The maximum Gasteiger partial charge on any atom is 0.340 e. The Bertz CT molecular complexity index is 70.6. The van der Waals surface area contributed by atoms with Gasteiger partial charge in [-0.1, -0.05) is 0 Å². The summed E-state index contributed by atoms with van der Waals surface area (Å²) in [5.41, 5.74) is 0. The smallest absolute Gasteiger partial charge is 0.284 e. The summed E-state index contributed by atoms with van der Waals surface area (Å²) < 4.78 is 32.9. The van der Waals surface area contributed by atoms with Crippen LogP contribution < -0.4 is 0 Å². The molecule has 0 aromatic carbocycles. The Morgan fingerprint density at radius 2 is 2.00 bits per heavy atom. The molecule has 0 aliphatic carbocycles. The third-order valence-corrected chi connectivity index (χ3v) is 0.317. The zero-order chi connectivity index (χ0) is 5.91. The highest BCUT2D eigenvalue weighted by molar-refractivity contribution is 5.60. The highest BCUT2D eigenvalue weighted by Crippen LogP contribution is 2.08. The van der Waals surface area contributed by atoms with Crippen molar-refractivity contribution in [3.05, 3.63) is 0 Å². The fourth-order valence-electron chi connectivity index (χ4n) is 0.0273. The summed E-state index contributed by atoms with van der Waals surface area (Å²) >= 11 is 0. The van der Waals surface area contributed by atoms with Gasteiger partial charge in [0.15, 0.2) is 6.67 Å². The SMILES string of the molecule is O=[C]C(F)(F)CF. The van der Waals surface area contributed by atoms with Gasteiger partial charge in [0, 0.05) is 0 Å². The number of hydrogen-bond acceptors (Lipinski definition) is 1. The predicted octanol–water partition coefficient (Wildman–Crippen LogP) is 0.701. The molecule has 0 saturated carbocycles. The first kappa shape index (κ1) is 6.46. The fraction of sp³-hybridized carbons (Fsp3) is 0.667. The van der Waals surface area contributed by atoms with Crippen LogP contribution in [0.4, 0.5) is 13.2 Å². The zero-order valence-electron chi connectivity index (χ0n) is 3.25. The maximum atomic E-state index is 11.1. The number of rotatable bonds is 2. The van der Waals surface area contributed by atoms with Crippen molar-refractivity contribution in [3.63, 3.8) is 0 Å². The molecule has 1 nitrogen and oxygen atoms in total. The van der Waals surface area contributed by atoms with Gasteiger partial charge in [-0.05, 0) is 0 Å². The first-order valence-corrected chi connectivity index (χ1v) is 1.45. The Kier molecular flexibility index (Phi) is 1.80. The molecule has 0 fully saturated rings. The van der Waals surface area contributed by atoms with E-state index >= 15 is 0 Å². The van der Waals surface area contributed by atoms with E-state index in [1.54, 1.807) is 0 Å². The van der Waals surface area contributed by atoms with E-state index in [-0.39, 0.29) is 6.29 Å². The lowest BCUT2D eigenvalue weighted by atomic mass is 10.4. The van der Waals surface area contributed by atoms with Crippen LogP contribution in [0.3, 0.4) is 0 Å². The Labute approximate surface area is 38.1 Å². The van der Waals surface area contributed by atoms with Crippen molar-refractivity contribution in [2.24, 2.45) is 0 Å². The van der Waals surface area contributed by atoms with Crippen molar-refractivity contribution >= 4 is 6.29 Å². The second-order valence-electron chi connectivity index (χ2n) is 0.940. The number of halogens is 3. The van der Waals surface area contributed by atoms with Gasteiger partial charge in [-0.3, -0.25) is 4.79 Å². The topological polar surface area (TPSA) is 17.1 Å². The number of carbonyl (C=O) groups excluding carboxylic acids is 1. The van der Waals surface area contributed by atoms with E-state index in [0.717, 1.165) is 0 Å². The van der Waals surface area contributed by atoms with Crippen LogP contribution >= 0.6 is 0 Å². The molecule has 0 rings (SSSR count). The Hall–Kier alpha value is -0.540. The summed E-state index contributed by atoms with van der Waals surface area (Å²) in [4.78, 5) is 8.94. The minimum absolute atomic E-state index is 0.233. The lowest BCUT2D eigenvalue weighted by Gasteiger charge is -1.96. The molecule has 0 atom stereocenters. The normalized spacial score (nSPS) is 11.3. The molecular formula is C3H2F3O. The largest absolute Gasteiger partial charge is 0.340 e. The molecule has 1 radical (unpaired) electrons. The van der Waals surface area contributed by atoms with Gasteiger partial charge in [0.1, 0.15) is 0 Å². The first-order chi connectivity index (χ1) is 3.12. The second-order valence-corrected chi connectivity index (χ2v) is 0.940. The zero-order valence-corrected chi connectivity index (χ0v) is 3.25. The van der Waals surface area contributed by atoms with Crippen molar-refractivity contribution in [2.45, 2.75) is 5.92 Å². The summed E-state index contributed by atoms with van der Waals surface area (Å²) in [6.45, 7) is -1.96. The van der Waals surface area contributed by atoms with Gasteiger partial charge in [-0.15, -0.1) is 0 Å². The third-order valence-electron chi connectivity index (χ3n) is 0.317. The third kappa shape index (κ3) is 2.19. The summed E-state index contributed by atoms with van der Waals surface area (Å²) in [6.07, 6.45) is 0.233. The molecule has 0 aromatic heterocycles. The molecule has 0 aromatic rings. The monoisotopic (exact) mass is 111 g/mol. The van der Waals surface area contributed by atoms with E-state index in [1.165, 1.54) is 0 Å². The highest BCUT2D eigenvalue weighted by Gasteiger charge is 2.28. The van der Waals surface area contributed by atoms with Gasteiger partial charge in [0.05, 0.1) is 0 Å². The molecule has 4 heteroatoms. The average Bonchev–Trinajstić information content (AvgIpc) is 1.68. The molecule has 0 amide bonds. The van der Waals surface area contributed by atoms with Crippen molar-refractivity contribution in [1.29, 1.82) is 0 Å². The number of alkyl halides is 3. The van der Waals surface area contributed by atoms with Crippen LogP contribution in [0.25, 0.3) is 0 Å². The van der Waals surface area contributed by atoms with Gasteiger partial charge in [0.2, 0.25) is 0 Å². The van der Waals surface area contributed by atoms with Crippen LogP contribution in [0, 0.1) is 0 Å². The van der Waals surface area contributed by atoms with E-state index in [2.05, 4.69) is 0 Å². The van der Waals surface area contributed by atoms with E-state index < -0.39 is 12.6 Å². The molecule has 0 saturated heterocycles. The minimum atomic E-state index is -3.89. The van der Waals surface area contributed by atoms with Gasteiger partial charge < -0.3 is 0 Å². The lowest BCUT2D eigenvalue weighted by molar-refractivity contribution is 0.0459. The molecule has 41 valence electrons. The van der Waals surface area contributed by atoms with Crippen LogP contribution in [0.2, 0.25) is 0 Å². The predicted molar refractivity (Wildman–Crippen MR) is 16.6 cm³/mol. The number of hydrogen-bond donors (Lipinski definition) is 0. The van der Waals surface area contributed by atoms with Gasteiger partial charge in [0.25, 0.3) is 6.29 Å². The van der Waals surface area contributed by atoms with Crippen LogP contribution in [0.15, 0.2) is 0 Å².